The molecule has 0 spiro atoms. The molecule has 0 saturated heterocycles. The maximum atomic E-state index is 11.3. The number of ether oxygens (including phenoxy) is 1. The van der Waals surface area contributed by atoms with Gasteiger partial charge in [0.1, 0.15) is 11.8 Å². The Bertz CT molecular complexity index is 389. The number of benzene rings is 1. The molecule has 0 aliphatic heterocycles. The third-order valence-corrected chi connectivity index (χ3v) is 3.33. The standard InChI is InChI=1S/C16H25NO3/c1-3-4-5-6-7-8-15(16(18)19)17-13-9-11-14(20-2)12-10-13/h9-12,15,17H,3-8H2,1-2H3,(H,18,19). The molecule has 0 saturated carbocycles. The molecule has 2 N–H and O–H groups in total. The van der Waals surface area contributed by atoms with Crippen molar-refractivity contribution in [3.63, 3.8) is 0 Å². The Morgan fingerprint density at radius 2 is 1.85 bits per heavy atom. The first-order valence-electron chi connectivity index (χ1n) is 7.30. The van der Waals surface area contributed by atoms with E-state index in [9.17, 15) is 9.90 Å². The number of nitrogens with one attached hydrogen (secondary N) is 1. The number of hydrogen-bond donors (Lipinski definition) is 2. The zero-order valence-corrected chi connectivity index (χ0v) is 12.4. The van der Waals surface area contributed by atoms with E-state index in [1.54, 1.807) is 7.11 Å². The lowest BCUT2D eigenvalue weighted by Crippen LogP contribution is -2.29. The number of unbranched alkanes of at least 4 members (excludes halogenated alkanes) is 4. The van der Waals surface area contributed by atoms with E-state index in [4.69, 9.17) is 4.74 Å². The molecule has 1 aromatic carbocycles. The Morgan fingerprint density at radius 3 is 2.40 bits per heavy atom. The van der Waals surface area contributed by atoms with Crippen LogP contribution in [0.25, 0.3) is 0 Å². The SMILES string of the molecule is CCCCCCCC(Nc1ccc(OC)cc1)C(=O)O. The second kappa shape index (κ2) is 9.23. The fourth-order valence-electron chi connectivity index (χ4n) is 2.10. The van der Waals surface area contributed by atoms with Crippen molar-refractivity contribution in [1.82, 2.24) is 0 Å². The molecule has 4 nitrogen and oxygen atoms in total. The van der Waals surface area contributed by atoms with Crippen molar-refractivity contribution in [3.05, 3.63) is 24.3 Å². The molecule has 1 unspecified atom stereocenters. The number of rotatable bonds is 10. The number of hydrogen-bond acceptors (Lipinski definition) is 3. The summed E-state index contributed by atoms with van der Waals surface area (Å²) in [4.78, 5) is 11.3. The van der Waals surface area contributed by atoms with E-state index < -0.39 is 12.0 Å². The maximum Gasteiger partial charge on any atom is 0.326 e. The monoisotopic (exact) mass is 279 g/mol. The summed E-state index contributed by atoms with van der Waals surface area (Å²) in [5.74, 6) is -0.0294. The van der Waals surface area contributed by atoms with E-state index in [2.05, 4.69) is 12.2 Å². The summed E-state index contributed by atoms with van der Waals surface area (Å²) in [6.45, 7) is 2.17. The van der Waals surface area contributed by atoms with Gasteiger partial charge in [0.05, 0.1) is 7.11 Å². The molecule has 112 valence electrons. The van der Waals surface area contributed by atoms with Gasteiger partial charge in [-0.25, -0.2) is 4.79 Å². The van der Waals surface area contributed by atoms with Crippen molar-refractivity contribution in [2.75, 3.05) is 12.4 Å². The molecule has 0 bridgehead atoms. The topological polar surface area (TPSA) is 58.6 Å². The number of carboxylic acid groups (broad SMARTS) is 1. The average molecular weight is 279 g/mol. The van der Waals surface area contributed by atoms with Crippen molar-refractivity contribution < 1.29 is 14.6 Å². The van der Waals surface area contributed by atoms with Crippen LogP contribution in [0.5, 0.6) is 5.75 Å². The summed E-state index contributed by atoms with van der Waals surface area (Å²) < 4.78 is 5.08. The molecule has 1 atom stereocenters. The van der Waals surface area contributed by atoms with Crippen LogP contribution in [0.1, 0.15) is 45.4 Å². The predicted molar refractivity (Wildman–Crippen MR) is 81.4 cm³/mol. The fourth-order valence-corrected chi connectivity index (χ4v) is 2.10. The molecule has 20 heavy (non-hydrogen) atoms. The molecular formula is C16H25NO3. The molecule has 0 aliphatic rings. The molecule has 1 aromatic rings. The molecule has 0 amide bonds. The minimum Gasteiger partial charge on any atom is -0.497 e. The van der Waals surface area contributed by atoms with E-state index in [0.717, 1.165) is 24.3 Å². The summed E-state index contributed by atoms with van der Waals surface area (Å²) in [6.07, 6.45) is 6.31. The summed E-state index contributed by atoms with van der Waals surface area (Å²) in [5.41, 5.74) is 0.812. The number of methoxy groups -OCH3 is 1. The Hall–Kier alpha value is -1.71. The van der Waals surface area contributed by atoms with Gasteiger partial charge in [-0.1, -0.05) is 39.0 Å². The molecule has 0 radical (unpaired) electrons. The van der Waals surface area contributed by atoms with Crippen molar-refractivity contribution in [2.45, 2.75) is 51.5 Å². The van der Waals surface area contributed by atoms with Gasteiger partial charge in [-0.2, -0.15) is 0 Å². The lowest BCUT2D eigenvalue weighted by atomic mass is 10.1. The van der Waals surface area contributed by atoms with E-state index >= 15 is 0 Å². The van der Waals surface area contributed by atoms with Gasteiger partial charge >= 0.3 is 5.97 Å². The minimum absolute atomic E-state index is 0.523. The highest BCUT2D eigenvalue weighted by atomic mass is 16.5. The number of carboxylic acids is 1. The first kappa shape index (κ1) is 16.3. The molecule has 1 rings (SSSR count). The minimum atomic E-state index is -0.795. The van der Waals surface area contributed by atoms with Crippen LogP contribution in [0.3, 0.4) is 0 Å². The zero-order chi connectivity index (χ0) is 14.8. The van der Waals surface area contributed by atoms with Gasteiger partial charge in [0.25, 0.3) is 0 Å². The summed E-state index contributed by atoms with van der Waals surface area (Å²) in [5, 5.41) is 12.3. The van der Waals surface area contributed by atoms with Gasteiger partial charge < -0.3 is 15.2 Å². The van der Waals surface area contributed by atoms with Gasteiger partial charge in [-0.15, -0.1) is 0 Å². The molecule has 0 heterocycles. The Morgan fingerprint density at radius 1 is 1.20 bits per heavy atom. The highest BCUT2D eigenvalue weighted by Crippen LogP contribution is 2.17. The largest absolute Gasteiger partial charge is 0.497 e. The van der Waals surface area contributed by atoms with Gasteiger partial charge in [-0.3, -0.25) is 0 Å². The highest BCUT2D eigenvalue weighted by Gasteiger charge is 2.16. The normalized spacial score (nSPS) is 11.9. The lowest BCUT2D eigenvalue weighted by Gasteiger charge is -2.16. The van der Waals surface area contributed by atoms with E-state index in [0.29, 0.717) is 6.42 Å². The third-order valence-electron chi connectivity index (χ3n) is 3.33. The Labute approximate surface area is 121 Å². The van der Waals surface area contributed by atoms with Crippen LogP contribution in [0, 0.1) is 0 Å². The molecule has 0 aromatic heterocycles. The zero-order valence-electron chi connectivity index (χ0n) is 12.4. The molecule has 4 heteroatoms. The van der Waals surface area contributed by atoms with Gasteiger partial charge in [0.15, 0.2) is 0 Å². The number of aliphatic carboxylic acids is 1. The van der Waals surface area contributed by atoms with Gasteiger partial charge in [-0.05, 0) is 30.7 Å². The second-order valence-electron chi connectivity index (χ2n) is 4.97. The van der Waals surface area contributed by atoms with E-state index in [1.165, 1.54) is 19.3 Å². The molecule has 0 fully saturated rings. The average Bonchev–Trinajstić information content (AvgIpc) is 2.46. The van der Waals surface area contributed by atoms with E-state index in [1.807, 2.05) is 24.3 Å². The summed E-state index contributed by atoms with van der Waals surface area (Å²) >= 11 is 0. The van der Waals surface area contributed by atoms with Crippen molar-refractivity contribution in [3.8, 4) is 5.75 Å². The van der Waals surface area contributed by atoms with Crippen LogP contribution in [0.2, 0.25) is 0 Å². The third kappa shape index (κ3) is 5.95. The van der Waals surface area contributed by atoms with Crippen molar-refractivity contribution >= 4 is 11.7 Å². The Kier molecular flexibility index (Phi) is 7.55. The van der Waals surface area contributed by atoms with Crippen molar-refractivity contribution in [2.24, 2.45) is 0 Å². The summed E-state index contributed by atoms with van der Waals surface area (Å²) in [6, 6.07) is 6.80. The van der Waals surface area contributed by atoms with Crippen LogP contribution in [-0.4, -0.2) is 24.2 Å². The molecular weight excluding hydrogens is 254 g/mol. The van der Waals surface area contributed by atoms with Gasteiger partial charge in [0, 0.05) is 5.69 Å². The quantitative estimate of drug-likeness (QED) is 0.637. The van der Waals surface area contributed by atoms with Gasteiger partial charge in [0.2, 0.25) is 0 Å². The first-order chi connectivity index (χ1) is 9.67. The van der Waals surface area contributed by atoms with Crippen LogP contribution < -0.4 is 10.1 Å². The number of anilines is 1. The second-order valence-corrected chi connectivity index (χ2v) is 4.97. The van der Waals surface area contributed by atoms with E-state index in [-0.39, 0.29) is 0 Å². The fraction of sp³-hybridized carbons (Fsp3) is 0.562. The van der Waals surface area contributed by atoms with Crippen LogP contribution in [-0.2, 0) is 4.79 Å². The van der Waals surface area contributed by atoms with Crippen LogP contribution >= 0.6 is 0 Å². The van der Waals surface area contributed by atoms with Crippen LogP contribution in [0.4, 0.5) is 5.69 Å². The predicted octanol–water partition coefficient (Wildman–Crippen LogP) is 3.92. The Balaban J connectivity index is 2.43. The van der Waals surface area contributed by atoms with Crippen molar-refractivity contribution in [1.29, 1.82) is 0 Å². The number of carbonyl (C=O) groups is 1. The molecule has 0 aliphatic carbocycles. The first-order valence-corrected chi connectivity index (χ1v) is 7.30. The lowest BCUT2D eigenvalue weighted by molar-refractivity contribution is -0.138. The smallest absolute Gasteiger partial charge is 0.326 e. The summed E-state index contributed by atoms with van der Waals surface area (Å²) in [7, 11) is 1.61. The highest BCUT2D eigenvalue weighted by molar-refractivity contribution is 5.77. The maximum absolute atomic E-state index is 11.3. The van der Waals surface area contributed by atoms with Crippen LogP contribution in [0.15, 0.2) is 24.3 Å².